The lowest BCUT2D eigenvalue weighted by Crippen LogP contribution is -2.38. The van der Waals surface area contributed by atoms with E-state index < -0.39 is 0 Å². The van der Waals surface area contributed by atoms with Gasteiger partial charge in [0.25, 0.3) is 0 Å². The Balaban J connectivity index is 1.54. The molecule has 2 heterocycles. The average Bonchev–Trinajstić information content (AvgIpc) is 3.06. The van der Waals surface area contributed by atoms with Crippen molar-refractivity contribution < 1.29 is 9.53 Å². The van der Waals surface area contributed by atoms with E-state index in [0.717, 1.165) is 37.7 Å². The SMILES string of the molecule is Cc1cc(NC(=O)CN(C[C@@H]2CCOC2)C2CC2)n(C)n1. The molecule has 0 radical (unpaired) electrons. The van der Waals surface area contributed by atoms with E-state index in [9.17, 15) is 4.79 Å². The van der Waals surface area contributed by atoms with E-state index in [0.29, 0.717) is 18.5 Å². The molecule has 2 aliphatic rings. The van der Waals surface area contributed by atoms with Crippen LogP contribution in [0.25, 0.3) is 0 Å². The summed E-state index contributed by atoms with van der Waals surface area (Å²) in [6.45, 7) is 5.07. The fourth-order valence-corrected chi connectivity index (χ4v) is 2.94. The third-order valence-electron chi connectivity index (χ3n) is 4.20. The van der Waals surface area contributed by atoms with Crippen LogP contribution in [0.15, 0.2) is 6.07 Å². The number of aryl methyl sites for hydroxylation is 2. The Hall–Kier alpha value is -1.40. The first kappa shape index (κ1) is 14.5. The van der Waals surface area contributed by atoms with Crippen molar-refractivity contribution in [2.75, 3.05) is 31.6 Å². The summed E-state index contributed by atoms with van der Waals surface area (Å²) in [6, 6.07) is 2.48. The molecule has 1 N–H and O–H groups in total. The number of hydrogen-bond donors (Lipinski definition) is 1. The first-order valence-electron chi connectivity index (χ1n) is 7.74. The zero-order chi connectivity index (χ0) is 14.8. The third-order valence-corrected chi connectivity index (χ3v) is 4.20. The van der Waals surface area contributed by atoms with Crippen molar-refractivity contribution in [2.45, 2.75) is 32.2 Å². The Bertz CT molecular complexity index is 504. The molecule has 1 saturated carbocycles. The van der Waals surface area contributed by atoms with Crippen LogP contribution in [0.3, 0.4) is 0 Å². The van der Waals surface area contributed by atoms with Gasteiger partial charge in [0.2, 0.25) is 5.91 Å². The molecule has 1 aromatic heterocycles. The summed E-state index contributed by atoms with van der Waals surface area (Å²) >= 11 is 0. The summed E-state index contributed by atoms with van der Waals surface area (Å²) in [4.78, 5) is 14.6. The molecule has 21 heavy (non-hydrogen) atoms. The van der Waals surface area contributed by atoms with Gasteiger partial charge in [-0.15, -0.1) is 0 Å². The van der Waals surface area contributed by atoms with Crippen molar-refractivity contribution in [1.29, 1.82) is 0 Å². The molecule has 0 bridgehead atoms. The van der Waals surface area contributed by atoms with Gasteiger partial charge in [0, 0.05) is 32.3 Å². The number of nitrogens with zero attached hydrogens (tertiary/aromatic N) is 3. The predicted molar refractivity (Wildman–Crippen MR) is 80.1 cm³/mol. The molecule has 0 aromatic carbocycles. The Morgan fingerprint density at radius 3 is 2.90 bits per heavy atom. The molecule has 1 saturated heterocycles. The molecule has 1 amide bonds. The van der Waals surface area contributed by atoms with Gasteiger partial charge in [0.05, 0.1) is 18.8 Å². The van der Waals surface area contributed by atoms with Crippen LogP contribution in [-0.4, -0.2) is 52.9 Å². The highest BCUT2D eigenvalue weighted by molar-refractivity contribution is 5.91. The van der Waals surface area contributed by atoms with E-state index in [1.807, 2.05) is 20.0 Å². The molecule has 6 heteroatoms. The van der Waals surface area contributed by atoms with Gasteiger partial charge in [0.15, 0.2) is 0 Å². The zero-order valence-corrected chi connectivity index (χ0v) is 12.8. The smallest absolute Gasteiger partial charge is 0.239 e. The van der Waals surface area contributed by atoms with Crippen molar-refractivity contribution >= 4 is 11.7 Å². The first-order valence-corrected chi connectivity index (χ1v) is 7.74. The second-order valence-corrected chi connectivity index (χ2v) is 6.23. The maximum atomic E-state index is 12.3. The second kappa shape index (κ2) is 6.15. The maximum absolute atomic E-state index is 12.3. The molecule has 2 fully saturated rings. The molecule has 6 nitrogen and oxygen atoms in total. The largest absolute Gasteiger partial charge is 0.381 e. The van der Waals surface area contributed by atoms with E-state index in [-0.39, 0.29) is 5.91 Å². The van der Waals surface area contributed by atoms with Gasteiger partial charge in [-0.2, -0.15) is 5.10 Å². The maximum Gasteiger partial charge on any atom is 0.239 e. The number of hydrogen-bond acceptors (Lipinski definition) is 4. The fourth-order valence-electron chi connectivity index (χ4n) is 2.94. The van der Waals surface area contributed by atoms with Crippen LogP contribution < -0.4 is 5.32 Å². The van der Waals surface area contributed by atoms with Crippen LogP contribution in [0.1, 0.15) is 25.0 Å². The van der Waals surface area contributed by atoms with Crippen LogP contribution >= 0.6 is 0 Å². The number of aromatic nitrogens is 2. The Kier molecular flexibility index (Phi) is 4.26. The van der Waals surface area contributed by atoms with Crippen LogP contribution in [-0.2, 0) is 16.6 Å². The highest BCUT2D eigenvalue weighted by Crippen LogP contribution is 2.28. The Morgan fingerprint density at radius 1 is 1.52 bits per heavy atom. The number of nitrogens with one attached hydrogen (secondary N) is 1. The van der Waals surface area contributed by atoms with Crippen LogP contribution in [0.5, 0.6) is 0 Å². The molecule has 1 aliphatic carbocycles. The number of amides is 1. The van der Waals surface area contributed by atoms with Crippen molar-refractivity contribution in [3.8, 4) is 0 Å². The summed E-state index contributed by atoms with van der Waals surface area (Å²) in [5.41, 5.74) is 0.912. The second-order valence-electron chi connectivity index (χ2n) is 6.23. The van der Waals surface area contributed by atoms with Gasteiger partial charge in [-0.3, -0.25) is 14.4 Å². The minimum Gasteiger partial charge on any atom is -0.381 e. The quantitative estimate of drug-likeness (QED) is 0.855. The third kappa shape index (κ3) is 3.83. The van der Waals surface area contributed by atoms with E-state index in [2.05, 4.69) is 15.3 Å². The van der Waals surface area contributed by atoms with E-state index >= 15 is 0 Å². The van der Waals surface area contributed by atoms with Gasteiger partial charge in [0.1, 0.15) is 5.82 Å². The fraction of sp³-hybridized carbons (Fsp3) is 0.733. The van der Waals surface area contributed by atoms with Crippen molar-refractivity contribution in [1.82, 2.24) is 14.7 Å². The number of anilines is 1. The molecule has 1 aliphatic heterocycles. The number of ether oxygens (including phenoxy) is 1. The van der Waals surface area contributed by atoms with Gasteiger partial charge in [-0.25, -0.2) is 0 Å². The Morgan fingerprint density at radius 2 is 2.33 bits per heavy atom. The highest BCUT2D eigenvalue weighted by atomic mass is 16.5. The van der Waals surface area contributed by atoms with Gasteiger partial charge >= 0.3 is 0 Å². The molecule has 3 rings (SSSR count). The molecule has 116 valence electrons. The first-order chi connectivity index (χ1) is 10.1. The predicted octanol–water partition coefficient (Wildman–Crippen LogP) is 1.17. The summed E-state index contributed by atoms with van der Waals surface area (Å²) in [6.07, 6.45) is 3.54. The molecular formula is C15H24N4O2. The van der Waals surface area contributed by atoms with E-state index in [1.165, 1.54) is 12.8 Å². The average molecular weight is 292 g/mol. The van der Waals surface area contributed by atoms with Gasteiger partial charge in [-0.05, 0) is 32.1 Å². The standard InChI is InChI=1S/C15H24N4O2/c1-11-7-14(18(2)17-11)16-15(20)9-19(13-3-4-13)8-12-5-6-21-10-12/h7,12-13H,3-6,8-10H2,1-2H3,(H,16,20)/t12-/m0/s1. The van der Waals surface area contributed by atoms with Gasteiger partial charge < -0.3 is 10.1 Å². The van der Waals surface area contributed by atoms with Crippen LogP contribution in [0, 0.1) is 12.8 Å². The minimum absolute atomic E-state index is 0.0452. The lowest BCUT2D eigenvalue weighted by Gasteiger charge is -2.24. The van der Waals surface area contributed by atoms with E-state index in [1.54, 1.807) is 4.68 Å². The summed E-state index contributed by atoms with van der Waals surface area (Å²) in [5, 5.41) is 7.20. The molecular weight excluding hydrogens is 268 g/mol. The molecule has 1 aromatic rings. The van der Waals surface area contributed by atoms with Crippen molar-refractivity contribution in [3.63, 3.8) is 0 Å². The van der Waals surface area contributed by atoms with Gasteiger partial charge in [-0.1, -0.05) is 0 Å². The van der Waals surface area contributed by atoms with Crippen molar-refractivity contribution in [3.05, 3.63) is 11.8 Å². The van der Waals surface area contributed by atoms with E-state index in [4.69, 9.17) is 4.74 Å². The van der Waals surface area contributed by atoms with Crippen LogP contribution in [0.2, 0.25) is 0 Å². The monoisotopic (exact) mass is 292 g/mol. The lowest BCUT2D eigenvalue weighted by atomic mass is 10.1. The topological polar surface area (TPSA) is 59.4 Å². The lowest BCUT2D eigenvalue weighted by molar-refractivity contribution is -0.117. The molecule has 0 unspecified atom stereocenters. The van der Waals surface area contributed by atoms with Crippen molar-refractivity contribution in [2.24, 2.45) is 13.0 Å². The zero-order valence-electron chi connectivity index (χ0n) is 12.8. The molecule has 1 atom stereocenters. The summed E-state index contributed by atoms with van der Waals surface area (Å²) in [5.74, 6) is 1.39. The highest BCUT2D eigenvalue weighted by Gasteiger charge is 2.32. The minimum atomic E-state index is 0.0452. The number of carbonyl (C=O) groups is 1. The summed E-state index contributed by atoms with van der Waals surface area (Å²) < 4.78 is 7.15. The number of carbonyl (C=O) groups excluding carboxylic acids is 1. The Labute approximate surface area is 125 Å². The normalized spacial score (nSPS) is 22.0. The summed E-state index contributed by atoms with van der Waals surface area (Å²) in [7, 11) is 1.84. The van der Waals surface area contributed by atoms with Crippen LogP contribution in [0.4, 0.5) is 5.82 Å². The molecule has 0 spiro atoms. The number of rotatable bonds is 6.